The van der Waals surface area contributed by atoms with Gasteiger partial charge in [-0.1, -0.05) is 6.07 Å². The zero-order valence-corrected chi connectivity index (χ0v) is 12.9. The van der Waals surface area contributed by atoms with Crippen molar-refractivity contribution in [1.82, 2.24) is 10.2 Å². The predicted molar refractivity (Wildman–Crippen MR) is 84.5 cm³/mol. The lowest BCUT2D eigenvalue weighted by Gasteiger charge is -2.26. The molecule has 1 atom stereocenters. The second kappa shape index (κ2) is 6.52. The fourth-order valence-corrected chi connectivity index (χ4v) is 4.13. The molecule has 2 aromatic heterocycles. The fraction of sp³-hybridized carbons (Fsp3) is 0.400. The summed E-state index contributed by atoms with van der Waals surface area (Å²) in [4.78, 5) is 15.9. The van der Waals surface area contributed by atoms with Crippen LogP contribution in [0.15, 0.2) is 34.3 Å². The summed E-state index contributed by atoms with van der Waals surface area (Å²) in [7, 11) is 0. The molecule has 0 aliphatic carbocycles. The van der Waals surface area contributed by atoms with Crippen LogP contribution >= 0.6 is 22.7 Å². The van der Waals surface area contributed by atoms with E-state index in [1.165, 1.54) is 17.7 Å². The molecule has 3 nitrogen and oxygen atoms in total. The summed E-state index contributed by atoms with van der Waals surface area (Å²) in [5.41, 5.74) is 0.765. The second-order valence-electron chi connectivity index (χ2n) is 5.00. The smallest absolute Gasteiger partial charge is 0.252 e. The largest absolute Gasteiger partial charge is 0.350 e. The van der Waals surface area contributed by atoms with Crippen molar-refractivity contribution in [2.75, 3.05) is 19.6 Å². The van der Waals surface area contributed by atoms with Gasteiger partial charge in [-0.3, -0.25) is 9.69 Å². The second-order valence-corrected chi connectivity index (χ2v) is 6.76. The van der Waals surface area contributed by atoms with E-state index in [2.05, 4.69) is 27.7 Å². The summed E-state index contributed by atoms with van der Waals surface area (Å²) >= 11 is 3.33. The van der Waals surface area contributed by atoms with Gasteiger partial charge in [0.1, 0.15) is 0 Å². The molecular weight excluding hydrogens is 288 g/mol. The highest BCUT2D eigenvalue weighted by molar-refractivity contribution is 7.10. The minimum Gasteiger partial charge on any atom is -0.350 e. The van der Waals surface area contributed by atoms with Crippen LogP contribution < -0.4 is 5.32 Å². The van der Waals surface area contributed by atoms with Crippen molar-refractivity contribution in [3.63, 3.8) is 0 Å². The third kappa shape index (κ3) is 3.11. The maximum Gasteiger partial charge on any atom is 0.252 e. The number of amides is 1. The standard InChI is InChI=1S/C15H18N2OS2/c18-15(12-5-9-19-11-12)16-10-13(14-4-3-8-20-14)17-6-1-2-7-17/h3-5,8-9,11,13H,1-2,6-7,10H2,(H,16,18). The van der Waals surface area contributed by atoms with Gasteiger partial charge in [0.05, 0.1) is 6.04 Å². The number of likely N-dealkylation sites (tertiary alicyclic amines) is 1. The summed E-state index contributed by atoms with van der Waals surface area (Å²) in [6.07, 6.45) is 2.53. The molecule has 2 aromatic rings. The number of carbonyl (C=O) groups excluding carboxylic acids is 1. The number of thiophene rings is 2. The van der Waals surface area contributed by atoms with Gasteiger partial charge in [0.15, 0.2) is 0 Å². The van der Waals surface area contributed by atoms with Crippen molar-refractivity contribution < 1.29 is 4.79 Å². The van der Waals surface area contributed by atoms with E-state index < -0.39 is 0 Å². The van der Waals surface area contributed by atoms with E-state index >= 15 is 0 Å². The molecule has 20 heavy (non-hydrogen) atoms. The quantitative estimate of drug-likeness (QED) is 0.918. The maximum atomic E-state index is 12.1. The molecule has 0 radical (unpaired) electrons. The highest BCUT2D eigenvalue weighted by Crippen LogP contribution is 2.27. The normalized spacial score (nSPS) is 17.2. The highest BCUT2D eigenvalue weighted by atomic mass is 32.1. The van der Waals surface area contributed by atoms with Gasteiger partial charge in [0.2, 0.25) is 0 Å². The monoisotopic (exact) mass is 306 g/mol. The number of hydrogen-bond donors (Lipinski definition) is 1. The van der Waals surface area contributed by atoms with E-state index in [1.54, 1.807) is 22.7 Å². The van der Waals surface area contributed by atoms with Crippen LogP contribution in [0.3, 0.4) is 0 Å². The van der Waals surface area contributed by atoms with Gasteiger partial charge in [-0.15, -0.1) is 11.3 Å². The number of hydrogen-bond acceptors (Lipinski definition) is 4. The number of rotatable bonds is 5. The molecule has 1 N–H and O–H groups in total. The van der Waals surface area contributed by atoms with Gasteiger partial charge < -0.3 is 5.32 Å². The Morgan fingerprint density at radius 2 is 2.15 bits per heavy atom. The van der Waals surface area contributed by atoms with E-state index in [0.29, 0.717) is 12.6 Å². The van der Waals surface area contributed by atoms with Crippen LogP contribution in [-0.4, -0.2) is 30.4 Å². The lowest BCUT2D eigenvalue weighted by molar-refractivity contribution is 0.0939. The SMILES string of the molecule is O=C(NCC(c1cccs1)N1CCCC1)c1ccsc1. The molecule has 0 aromatic carbocycles. The zero-order chi connectivity index (χ0) is 13.8. The average molecular weight is 306 g/mol. The topological polar surface area (TPSA) is 32.3 Å². The van der Waals surface area contributed by atoms with Crippen molar-refractivity contribution in [3.8, 4) is 0 Å². The lowest BCUT2D eigenvalue weighted by atomic mass is 10.2. The molecule has 1 fully saturated rings. The number of nitrogens with zero attached hydrogens (tertiary/aromatic N) is 1. The number of nitrogens with one attached hydrogen (secondary N) is 1. The Kier molecular flexibility index (Phi) is 4.50. The van der Waals surface area contributed by atoms with E-state index in [9.17, 15) is 4.79 Å². The Bertz CT molecular complexity index is 530. The lowest BCUT2D eigenvalue weighted by Crippen LogP contribution is -2.36. The Hall–Kier alpha value is -1.17. The molecule has 0 spiro atoms. The van der Waals surface area contributed by atoms with Gasteiger partial charge in [-0.25, -0.2) is 0 Å². The van der Waals surface area contributed by atoms with Crippen LogP contribution in [0.4, 0.5) is 0 Å². The summed E-state index contributed by atoms with van der Waals surface area (Å²) in [5.74, 6) is 0.0343. The highest BCUT2D eigenvalue weighted by Gasteiger charge is 2.24. The first-order valence-electron chi connectivity index (χ1n) is 6.92. The van der Waals surface area contributed by atoms with Crippen LogP contribution in [-0.2, 0) is 0 Å². The van der Waals surface area contributed by atoms with Gasteiger partial charge in [-0.05, 0) is 48.8 Å². The minimum atomic E-state index is 0.0343. The fourth-order valence-electron chi connectivity index (χ4n) is 2.63. The summed E-state index contributed by atoms with van der Waals surface area (Å²) < 4.78 is 0. The summed E-state index contributed by atoms with van der Waals surface area (Å²) in [6.45, 7) is 2.96. The van der Waals surface area contributed by atoms with Gasteiger partial charge >= 0.3 is 0 Å². The Balaban J connectivity index is 1.66. The zero-order valence-electron chi connectivity index (χ0n) is 11.2. The van der Waals surface area contributed by atoms with Crippen LogP contribution in [0.2, 0.25) is 0 Å². The molecule has 0 saturated carbocycles. The molecule has 3 rings (SSSR count). The first kappa shape index (κ1) is 13.8. The van der Waals surface area contributed by atoms with Crippen molar-refractivity contribution in [2.45, 2.75) is 18.9 Å². The molecule has 106 valence electrons. The summed E-state index contributed by atoms with van der Waals surface area (Å²) in [5, 5.41) is 9.02. The molecule has 5 heteroatoms. The first-order chi connectivity index (χ1) is 9.84. The van der Waals surface area contributed by atoms with Crippen LogP contribution in [0.25, 0.3) is 0 Å². The molecule has 1 saturated heterocycles. The maximum absolute atomic E-state index is 12.1. The minimum absolute atomic E-state index is 0.0343. The molecule has 1 unspecified atom stereocenters. The first-order valence-corrected chi connectivity index (χ1v) is 8.74. The van der Waals surface area contributed by atoms with Crippen molar-refractivity contribution in [3.05, 3.63) is 44.8 Å². The Morgan fingerprint density at radius 3 is 2.80 bits per heavy atom. The van der Waals surface area contributed by atoms with Crippen molar-refractivity contribution in [1.29, 1.82) is 0 Å². The van der Waals surface area contributed by atoms with E-state index in [0.717, 1.165) is 18.7 Å². The van der Waals surface area contributed by atoms with Gasteiger partial charge in [-0.2, -0.15) is 11.3 Å². The van der Waals surface area contributed by atoms with Gasteiger partial charge in [0, 0.05) is 22.4 Å². The van der Waals surface area contributed by atoms with Crippen LogP contribution in [0.1, 0.15) is 34.1 Å². The van der Waals surface area contributed by atoms with Crippen molar-refractivity contribution >= 4 is 28.6 Å². The van der Waals surface area contributed by atoms with Crippen molar-refractivity contribution in [2.24, 2.45) is 0 Å². The third-order valence-corrected chi connectivity index (χ3v) is 5.35. The molecule has 1 amide bonds. The van der Waals surface area contributed by atoms with E-state index in [-0.39, 0.29) is 5.91 Å². The third-order valence-electron chi connectivity index (χ3n) is 3.69. The van der Waals surface area contributed by atoms with E-state index in [4.69, 9.17) is 0 Å². The molecule has 1 aliphatic heterocycles. The molecule has 3 heterocycles. The number of carbonyl (C=O) groups is 1. The van der Waals surface area contributed by atoms with Gasteiger partial charge in [0.25, 0.3) is 5.91 Å². The Labute approximate surface area is 127 Å². The van der Waals surface area contributed by atoms with Crippen LogP contribution in [0.5, 0.6) is 0 Å². The molecular formula is C15H18N2OS2. The predicted octanol–water partition coefficient (Wildman–Crippen LogP) is 3.38. The van der Waals surface area contributed by atoms with E-state index in [1.807, 2.05) is 16.8 Å². The summed E-state index contributed by atoms with van der Waals surface area (Å²) in [6, 6.07) is 6.45. The average Bonchev–Trinajstić information content (AvgIpc) is 3.22. The molecule has 0 bridgehead atoms. The van der Waals surface area contributed by atoms with Crippen LogP contribution in [0, 0.1) is 0 Å². The molecule has 1 aliphatic rings. The Morgan fingerprint density at radius 1 is 1.30 bits per heavy atom.